The zero-order chi connectivity index (χ0) is 48.7. The molecule has 0 spiro atoms. The second-order valence-electron chi connectivity index (χ2n) is 17.2. The molecule has 9 rings (SSSR count). The van der Waals surface area contributed by atoms with Gasteiger partial charge in [-0.2, -0.15) is 0 Å². The molecule has 8 aromatic rings. The Bertz CT molecular complexity index is 2970. The quantitative estimate of drug-likeness (QED) is 0.0757. The molecule has 2 unspecified atom stereocenters. The Kier molecular flexibility index (Phi) is 14.2. The lowest BCUT2D eigenvalue weighted by Crippen LogP contribution is -2.39. The SMILES string of the molecule is CCCc1nc(C(C)(C)O)c(C(=O)OCC2OC(=O)OC2C)n1Cc1ccc(-c2ccccc2-c2nnnn2C(c2ccccc2)(c2ccccc2)c2ccccc2)cc1.CCc1oc(=O)oc1C. The lowest BCUT2D eigenvalue weighted by atomic mass is 9.77. The molecule has 69 heavy (non-hydrogen) atoms. The summed E-state index contributed by atoms with van der Waals surface area (Å²) >= 11 is 0. The molecule has 0 amide bonds. The van der Waals surface area contributed by atoms with Crippen LogP contribution in [0.1, 0.15) is 96.8 Å². The maximum absolute atomic E-state index is 13.9. The van der Waals surface area contributed by atoms with Crippen LogP contribution in [-0.4, -0.2) is 65.8 Å². The Morgan fingerprint density at radius 3 is 1.84 bits per heavy atom. The molecule has 1 aliphatic rings. The van der Waals surface area contributed by atoms with E-state index in [0.29, 0.717) is 36.0 Å². The summed E-state index contributed by atoms with van der Waals surface area (Å²) in [7, 11) is 0. The van der Waals surface area contributed by atoms with Crippen molar-refractivity contribution in [3.63, 3.8) is 0 Å². The van der Waals surface area contributed by atoms with Gasteiger partial charge in [0.25, 0.3) is 0 Å². The molecule has 2 atom stereocenters. The molecule has 1 saturated heterocycles. The highest BCUT2D eigenvalue weighted by Gasteiger charge is 2.42. The predicted molar refractivity (Wildman–Crippen MR) is 256 cm³/mol. The molecule has 15 heteroatoms. The Morgan fingerprint density at radius 2 is 1.35 bits per heavy atom. The van der Waals surface area contributed by atoms with E-state index in [1.807, 2.05) is 120 Å². The van der Waals surface area contributed by atoms with Crippen LogP contribution in [0.4, 0.5) is 4.79 Å². The van der Waals surface area contributed by atoms with E-state index in [1.165, 1.54) is 0 Å². The fraction of sp³-hybridized carbons (Fsp3) is 0.278. The molecule has 3 aromatic heterocycles. The minimum atomic E-state index is -1.44. The summed E-state index contributed by atoms with van der Waals surface area (Å²) in [6, 6.07) is 47.1. The monoisotopic (exact) mass is 930 g/mol. The number of nitrogens with zero attached hydrogens (tertiary/aromatic N) is 6. The maximum atomic E-state index is 13.9. The van der Waals surface area contributed by atoms with Crippen molar-refractivity contribution in [3.05, 3.63) is 201 Å². The van der Waals surface area contributed by atoms with Gasteiger partial charge < -0.3 is 32.7 Å². The van der Waals surface area contributed by atoms with E-state index in [2.05, 4.69) is 56.5 Å². The van der Waals surface area contributed by atoms with Crippen LogP contribution in [-0.2, 0) is 44.7 Å². The summed E-state index contributed by atoms with van der Waals surface area (Å²) < 4.78 is 28.9. The van der Waals surface area contributed by atoms with E-state index in [4.69, 9.17) is 29.5 Å². The first-order valence-electron chi connectivity index (χ1n) is 22.9. The molecule has 1 fully saturated rings. The van der Waals surface area contributed by atoms with E-state index >= 15 is 0 Å². The second kappa shape index (κ2) is 20.5. The highest BCUT2D eigenvalue weighted by Crippen LogP contribution is 2.43. The summed E-state index contributed by atoms with van der Waals surface area (Å²) in [5.41, 5.74) is 4.60. The number of imidazole rings is 1. The molecular formula is C54H54N6O9. The Labute approximate surface area is 399 Å². The van der Waals surface area contributed by atoms with E-state index in [9.17, 15) is 19.5 Å². The van der Waals surface area contributed by atoms with Crippen LogP contribution in [0, 0.1) is 6.92 Å². The van der Waals surface area contributed by atoms with Crippen molar-refractivity contribution in [1.29, 1.82) is 0 Å². The third-order valence-electron chi connectivity index (χ3n) is 12.0. The van der Waals surface area contributed by atoms with Crippen molar-refractivity contribution in [2.75, 3.05) is 6.61 Å². The smallest absolute Gasteiger partial charge is 0.457 e. The number of cyclic esters (lactones) is 2. The zero-order valence-corrected chi connectivity index (χ0v) is 39.4. The predicted octanol–water partition coefficient (Wildman–Crippen LogP) is 9.46. The summed E-state index contributed by atoms with van der Waals surface area (Å²) in [4.78, 5) is 40.6. The van der Waals surface area contributed by atoms with Gasteiger partial charge in [0.2, 0.25) is 0 Å². The Hall–Kier alpha value is -7.91. The van der Waals surface area contributed by atoms with Gasteiger partial charge in [0.15, 0.2) is 17.6 Å². The Balaban J connectivity index is 0.000000641. The van der Waals surface area contributed by atoms with Gasteiger partial charge in [-0.05, 0) is 77.9 Å². The summed E-state index contributed by atoms with van der Waals surface area (Å²) in [5.74, 6) is 1.17. The van der Waals surface area contributed by atoms with Gasteiger partial charge in [0.1, 0.15) is 46.9 Å². The van der Waals surface area contributed by atoms with E-state index in [-0.39, 0.29) is 24.5 Å². The zero-order valence-electron chi connectivity index (χ0n) is 39.4. The molecule has 0 saturated carbocycles. The van der Waals surface area contributed by atoms with Crippen molar-refractivity contribution in [3.8, 4) is 22.5 Å². The number of hydrogen-bond donors (Lipinski definition) is 1. The van der Waals surface area contributed by atoms with E-state index < -0.39 is 41.3 Å². The number of aryl methyl sites for hydroxylation is 3. The van der Waals surface area contributed by atoms with Crippen LogP contribution in [0.15, 0.2) is 153 Å². The van der Waals surface area contributed by atoms with E-state index in [1.54, 1.807) is 27.7 Å². The number of aromatic nitrogens is 6. The third kappa shape index (κ3) is 9.90. The van der Waals surface area contributed by atoms with Crippen molar-refractivity contribution >= 4 is 12.1 Å². The molecule has 0 aliphatic carbocycles. The first kappa shape index (κ1) is 47.6. The number of esters is 1. The summed E-state index contributed by atoms with van der Waals surface area (Å²) in [6.07, 6.45) is -0.0884. The molecule has 4 heterocycles. The third-order valence-corrected chi connectivity index (χ3v) is 12.0. The van der Waals surface area contributed by atoms with Crippen LogP contribution in [0.25, 0.3) is 22.5 Å². The van der Waals surface area contributed by atoms with Crippen LogP contribution >= 0.6 is 0 Å². The number of tetrazole rings is 1. The average molecular weight is 931 g/mol. The topological polar surface area (TPSA) is 187 Å². The second-order valence-corrected chi connectivity index (χ2v) is 17.2. The van der Waals surface area contributed by atoms with Crippen molar-refractivity contribution in [2.45, 2.75) is 90.7 Å². The standard InChI is InChI=1S/C48H46N6O6.C6H8O3/c1-5-17-41-49-43(47(3,4)57)42(45(55)58-31-40-32(2)59-46(56)60-40)53(41)30-33-26-28-34(29-27-33)38-24-15-16-25-39(38)44-50-51-52-54(44)48(35-18-9-6-10-19-35,36-20-11-7-12-21-36)37-22-13-8-14-23-37;1-3-5-4(2)8-6(7)9-5/h6-16,18-29,32,40,57H,5,17,30-31H2,1-4H3;3H2,1-2H3. The normalized spacial score (nSPS) is 14.7. The van der Waals surface area contributed by atoms with Crippen LogP contribution < -0.4 is 5.82 Å². The van der Waals surface area contributed by atoms with Gasteiger partial charge in [-0.1, -0.05) is 153 Å². The number of rotatable bonds is 15. The number of benzene rings is 5. The molecular weight excluding hydrogens is 877 g/mol. The minimum absolute atomic E-state index is 0.142. The molecule has 1 N–H and O–H groups in total. The van der Waals surface area contributed by atoms with Gasteiger partial charge in [0, 0.05) is 24.9 Å². The van der Waals surface area contributed by atoms with Crippen LogP contribution in [0.2, 0.25) is 0 Å². The fourth-order valence-electron chi connectivity index (χ4n) is 8.67. The summed E-state index contributed by atoms with van der Waals surface area (Å²) in [5, 5.41) is 25.0. The maximum Gasteiger partial charge on any atom is 0.519 e. The molecule has 0 radical (unpaired) electrons. The molecule has 1 aliphatic heterocycles. The highest BCUT2D eigenvalue weighted by atomic mass is 16.8. The highest BCUT2D eigenvalue weighted by molar-refractivity contribution is 5.89. The minimum Gasteiger partial charge on any atom is -0.457 e. The molecule has 15 nitrogen and oxygen atoms in total. The lowest BCUT2D eigenvalue weighted by Gasteiger charge is -2.36. The number of hydrogen-bond acceptors (Lipinski definition) is 13. The van der Waals surface area contributed by atoms with Gasteiger partial charge in [-0.15, -0.1) is 5.10 Å². The van der Waals surface area contributed by atoms with Crippen molar-refractivity contribution in [2.24, 2.45) is 0 Å². The number of aliphatic hydroxyl groups is 1. The van der Waals surface area contributed by atoms with Gasteiger partial charge >= 0.3 is 17.9 Å². The Morgan fingerprint density at radius 1 is 0.768 bits per heavy atom. The number of carbonyl (C=O) groups is 2. The van der Waals surface area contributed by atoms with Crippen molar-refractivity contribution < 1.29 is 37.7 Å². The average Bonchev–Trinajstić information content (AvgIpc) is 4.15. The van der Waals surface area contributed by atoms with Gasteiger partial charge in [-0.3, -0.25) is 0 Å². The van der Waals surface area contributed by atoms with Crippen LogP contribution in [0.5, 0.6) is 0 Å². The number of carbonyl (C=O) groups excluding carboxylic acids is 2. The van der Waals surface area contributed by atoms with Crippen molar-refractivity contribution in [1.82, 2.24) is 29.8 Å². The van der Waals surface area contributed by atoms with Gasteiger partial charge in [0.05, 0.1) is 0 Å². The molecule has 0 bridgehead atoms. The summed E-state index contributed by atoms with van der Waals surface area (Å²) in [6.45, 7) is 10.6. The van der Waals surface area contributed by atoms with Crippen LogP contribution in [0.3, 0.4) is 0 Å². The van der Waals surface area contributed by atoms with E-state index in [0.717, 1.165) is 45.4 Å². The first-order chi connectivity index (χ1) is 33.3. The molecule has 354 valence electrons. The van der Waals surface area contributed by atoms with Gasteiger partial charge in [-0.25, -0.2) is 24.0 Å². The molecule has 5 aromatic carbocycles. The number of ether oxygens (including phenoxy) is 3. The fourth-order valence-corrected chi connectivity index (χ4v) is 8.67. The first-order valence-corrected chi connectivity index (χ1v) is 22.9. The largest absolute Gasteiger partial charge is 0.519 e. The lowest BCUT2D eigenvalue weighted by molar-refractivity contribution is 0.0219.